The monoisotopic (exact) mass is 289 g/mol. The van der Waals surface area contributed by atoms with Crippen molar-refractivity contribution in [3.8, 4) is 0 Å². The molecule has 2 N–H and O–H groups in total. The van der Waals surface area contributed by atoms with Crippen LogP contribution < -0.4 is 5.73 Å². The van der Waals surface area contributed by atoms with E-state index in [0.29, 0.717) is 6.54 Å². The van der Waals surface area contributed by atoms with Gasteiger partial charge in [0.2, 0.25) is 0 Å². The largest absolute Gasteiger partial charge is 0.330 e. The highest BCUT2D eigenvalue weighted by atomic mass is 32.1. The highest BCUT2D eigenvalue weighted by molar-refractivity contribution is 7.09. The number of aryl methyl sites for hydroxylation is 1. The zero-order chi connectivity index (χ0) is 14.5. The van der Waals surface area contributed by atoms with E-state index >= 15 is 0 Å². The van der Waals surface area contributed by atoms with Gasteiger partial charge < -0.3 is 5.73 Å². The van der Waals surface area contributed by atoms with E-state index in [1.165, 1.54) is 11.1 Å². The molecule has 20 heavy (non-hydrogen) atoms. The third-order valence-corrected chi connectivity index (χ3v) is 4.37. The van der Waals surface area contributed by atoms with Crippen LogP contribution in [0.1, 0.15) is 34.8 Å². The Labute approximate surface area is 125 Å². The van der Waals surface area contributed by atoms with Gasteiger partial charge >= 0.3 is 0 Å². The molecule has 0 aliphatic rings. The molecular weight excluding hydrogens is 266 g/mol. The Kier molecular flexibility index (Phi) is 5.29. The molecule has 0 spiro atoms. The second-order valence-electron chi connectivity index (χ2n) is 5.18. The Morgan fingerprint density at radius 3 is 2.50 bits per heavy atom. The van der Waals surface area contributed by atoms with Crippen molar-refractivity contribution >= 4 is 11.3 Å². The molecule has 0 bridgehead atoms. The van der Waals surface area contributed by atoms with Crippen molar-refractivity contribution in [1.29, 1.82) is 0 Å². The zero-order valence-corrected chi connectivity index (χ0v) is 13.3. The molecule has 1 aromatic heterocycles. The average Bonchev–Trinajstić information content (AvgIpc) is 2.88. The first-order valence-corrected chi connectivity index (χ1v) is 7.93. The first-order valence-electron chi connectivity index (χ1n) is 7.05. The molecule has 0 saturated heterocycles. The van der Waals surface area contributed by atoms with Crippen molar-refractivity contribution in [2.45, 2.75) is 25.8 Å². The summed E-state index contributed by atoms with van der Waals surface area (Å²) in [4.78, 5) is 6.95. The number of hydrogen-bond acceptors (Lipinski definition) is 4. The van der Waals surface area contributed by atoms with Gasteiger partial charge in [-0.2, -0.15) is 0 Å². The van der Waals surface area contributed by atoms with Gasteiger partial charge in [-0.05, 0) is 38.2 Å². The third kappa shape index (κ3) is 3.45. The summed E-state index contributed by atoms with van der Waals surface area (Å²) >= 11 is 1.72. The summed E-state index contributed by atoms with van der Waals surface area (Å²) in [6.45, 7) is 2.83. The molecule has 2 rings (SSSR count). The van der Waals surface area contributed by atoms with Gasteiger partial charge in [0.25, 0.3) is 0 Å². The van der Waals surface area contributed by atoms with E-state index in [2.05, 4.69) is 55.6 Å². The fraction of sp³-hybridized carbons (Fsp3) is 0.438. The molecule has 0 amide bonds. The van der Waals surface area contributed by atoms with Crippen molar-refractivity contribution in [3.05, 3.63) is 51.5 Å². The van der Waals surface area contributed by atoms with Gasteiger partial charge in [0.1, 0.15) is 5.01 Å². The lowest BCUT2D eigenvalue weighted by atomic mass is 10.0. The van der Waals surface area contributed by atoms with E-state index in [9.17, 15) is 0 Å². The minimum atomic E-state index is 0.220. The molecule has 1 atom stereocenters. The van der Waals surface area contributed by atoms with Crippen LogP contribution in [0.25, 0.3) is 0 Å². The molecule has 0 aliphatic heterocycles. The lowest BCUT2D eigenvalue weighted by Gasteiger charge is -2.23. The van der Waals surface area contributed by atoms with Crippen LogP contribution in [-0.4, -0.2) is 30.5 Å². The quantitative estimate of drug-likeness (QED) is 0.889. The second-order valence-corrected chi connectivity index (χ2v) is 6.07. The van der Waals surface area contributed by atoms with Gasteiger partial charge in [-0.15, -0.1) is 11.3 Å². The zero-order valence-electron chi connectivity index (χ0n) is 12.5. The first kappa shape index (κ1) is 15.2. The Hall–Kier alpha value is -1.23. The Morgan fingerprint density at radius 2 is 1.95 bits per heavy atom. The molecule has 4 heteroatoms. The summed E-state index contributed by atoms with van der Waals surface area (Å²) in [6.07, 6.45) is 1.93. The van der Waals surface area contributed by atoms with Crippen molar-refractivity contribution in [3.63, 3.8) is 0 Å². The maximum Gasteiger partial charge on any atom is 0.115 e. The SMILES string of the molecule is CCc1ccc(C(c2nc(CCN)cs2)N(C)C)cc1. The highest BCUT2D eigenvalue weighted by Crippen LogP contribution is 2.29. The van der Waals surface area contributed by atoms with Crippen LogP contribution >= 0.6 is 11.3 Å². The minimum Gasteiger partial charge on any atom is -0.330 e. The first-order chi connectivity index (χ1) is 9.65. The number of rotatable bonds is 6. The predicted octanol–water partition coefficient (Wildman–Crippen LogP) is 2.86. The Morgan fingerprint density at radius 1 is 1.25 bits per heavy atom. The average molecular weight is 289 g/mol. The lowest BCUT2D eigenvalue weighted by molar-refractivity contribution is 0.341. The molecule has 3 nitrogen and oxygen atoms in total. The maximum atomic E-state index is 5.60. The number of benzene rings is 1. The summed E-state index contributed by atoms with van der Waals surface area (Å²) in [5, 5.41) is 3.27. The Balaban J connectivity index is 2.29. The molecule has 2 aromatic rings. The van der Waals surface area contributed by atoms with Gasteiger partial charge in [-0.25, -0.2) is 4.98 Å². The molecule has 0 aliphatic carbocycles. The summed E-state index contributed by atoms with van der Waals surface area (Å²) in [5.74, 6) is 0. The molecule has 108 valence electrons. The summed E-state index contributed by atoms with van der Waals surface area (Å²) in [6, 6.07) is 9.07. The van der Waals surface area contributed by atoms with E-state index in [0.717, 1.165) is 23.5 Å². The predicted molar refractivity (Wildman–Crippen MR) is 86.2 cm³/mol. The number of nitrogens with two attached hydrogens (primary N) is 1. The van der Waals surface area contributed by atoms with Crippen LogP contribution in [0.5, 0.6) is 0 Å². The van der Waals surface area contributed by atoms with E-state index in [1.807, 2.05) is 0 Å². The minimum absolute atomic E-state index is 0.220. The highest BCUT2D eigenvalue weighted by Gasteiger charge is 2.20. The van der Waals surface area contributed by atoms with Crippen LogP contribution in [0.15, 0.2) is 29.6 Å². The van der Waals surface area contributed by atoms with E-state index in [4.69, 9.17) is 10.7 Å². The summed E-state index contributed by atoms with van der Waals surface area (Å²) in [7, 11) is 4.20. The fourth-order valence-electron chi connectivity index (χ4n) is 2.31. The van der Waals surface area contributed by atoms with Crippen molar-refractivity contribution in [1.82, 2.24) is 9.88 Å². The molecule has 1 heterocycles. The van der Waals surface area contributed by atoms with Gasteiger partial charge in [0.15, 0.2) is 0 Å². The topological polar surface area (TPSA) is 42.1 Å². The van der Waals surface area contributed by atoms with Crippen LogP contribution in [0.3, 0.4) is 0 Å². The lowest BCUT2D eigenvalue weighted by Crippen LogP contribution is -2.21. The number of hydrogen-bond donors (Lipinski definition) is 1. The van der Waals surface area contributed by atoms with E-state index in [-0.39, 0.29) is 6.04 Å². The van der Waals surface area contributed by atoms with Gasteiger partial charge in [0.05, 0.1) is 11.7 Å². The molecule has 1 aromatic carbocycles. The fourth-order valence-corrected chi connectivity index (χ4v) is 3.38. The number of aromatic nitrogens is 1. The van der Waals surface area contributed by atoms with Crippen LogP contribution in [-0.2, 0) is 12.8 Å². The molecule has 0 saturated carbocycles. The standard InChI is InChI=1S/C16H23N3S/c1-4-12-5-7-13(8-6-12)15(19(2)3)16-18-14(9-10-17)11-20-16/h5-8,11,15H,4,9-10,17H2,1-3H3. The van der Waals surface area contributed by atoms with E-state index < -0.39 is 0 Å². The summed E-state index contributed by atoms with van der Waals surface area (Å²) < 4.78 is 0. The molecule has 1 unspecified atom stereocenters. The van der Waals surface area contributed by atoms with Crippen molar-refractivity contribution in [2.24, 2.45) is 5.73 Å². The van der Waals surface area contributed by atoms with Gasteiger partial charge in [-0.3, -0.25) is 4.90 Å². The molecular formula is C16H23N3S. The maximum absolute atomic E-state index is 5.60. The third-order valence-electron chi connectivity index (χ3n) is 3.42. The smallest absolute Gasteiger partial charge is 0.115 e. The Bertz CT molecular complexity index is 531. The second kappa shape index (κ2) is 6.97. The van der Waals surface area contributed by atoms with Crippen LogP contribution in [0.2, 0.25) is 0 Å². The van der Waals surface area contributed by atoms with Crippen LogP contribution in [0.4, 0.5) is 0 Å². The van der Waals surface area contributed by atoms with Crippen LogP contribution in [0, 0.1) is 0 Å². The van der Waals surface area contributed by atoms with Crippen molar-refractivity contribution < 1.29 is 0 Å². The molecule has 0 fully saturated rings. The van der Waals surface area contributed by atoms with Gasteiger partial charge in [0, 0.05) is 11.8 Å². The number of nitrogens with zero attached hydrogens (tertiary/aromatic N) is 2. The molecule has 0 radical (unpaired) electrons. The normalized spacial score (nSPS) is 12.8. The van der Waals surface area contributed by atoms with Crippen molar-refractivity contribution in [2.75, 3.05) is 20.6 Å². The van der Waals surface area contributed by atoms with E-state index in [1.54, 1.807) is 11.3 Å². The number of thiazole rings is 1. The summed E-state index contributed by atoms with van der Waals surface area (Å²) in [5.41, 5.74) is 9.37. The van der Waals surface area contributed by atoms with Gasteiger partial charge in [-0.1, -0.05) is 31.2 Å².